The van der Waals surface area contributed by atoms with Crippen LogP contribution in [0.3, 0.4) is 0 Å². The number of hydrogen-bond acceptors (Lipinski definition) is 3. The number of carbonyl (C=O) groups excluding carboxylic acids is 1. The largest absolute Gasteiger partial charge is 0.550 e. The van der Waals surface area contributed by atoms with Crippen molar-refractivity contribution in [2.45, 2.75) is 19.3 Å². The normalized spacial score (nSPS) is 10.8. The molecular weight excluding hydrogens is 204 g/mol. The molecule has 0 N–H and O–H groups in total. The number of carboxylic acids is 1. The molecule has 0 radical (unpaired) electrons. The van der Waals surface area contributed by atoms with Crippen LogP contribution in [0.2, 0.25) is 0 Å². The van der Waals surface area contributed by atoms with Crippen molar-refractivity contribution >= 4 is 17.0 Å². The van der Waals surface area contributed by atoms with Crippen molar-refractivity contribution in [3.05, 3.63) is 30.1 Å². The third kappa shape index (κ3) is 2.05. The van der Waals surface area contributed by atoms with Crippen LogP contribution in [0.25, 0.3) is 11.0 Å². The van der Waals surface area contributed by atoms with Gasteiger partial charge in [-0.3, -0.25) is 0 Å². The molecule has 84 valence electrons. The van der Waals surface area contributed by atoms with Crippen LogP contribution in [0, 0.1) is 0 Å². The second-order valence-electron chi connectivity index (χ2n) is 3.80. The van der Waals surface area contributed by atoms with Crippen LogP contribution in [0.4, 0.5) is 0 Å². The number of nitrogens with zero attached hydrogens (tertiary/aromatic N) is 2. The molecule has 0 aliphatic heterocycles. The fourth-order valence-electron chi connectivity index (χ4n) is 1.81. The van der Waals surface area contributed by atoms with E-state index in [0.717, 1.165) is 16.9 Å². The van der Waals surface area contributed by atoms with Crippen molar-refractivity contribution in [2.75, 3.05) is 0 Å². The standard InChI is InChI=1S/C12H14N2O2/c1-14-10-6-3-2-5-9(10)13-11(14)7-4-8-12(15)16/h2-3,5-6H,4,7-8H2,1H3,(H,15,16)/p-1. The number of benzene rings is 1. The van der Waals surface area contributed by atoms with Crippen LogP contribution >= 0.6 is 0 Å². The van der Waals surface area contributed by atoms with Crippen LogP contribution in [0.1, 0.15) is 18.7 Å². The highest BCUT2D eigenvalue weighted by Gasteiger charge is 2.06. The van der Waals surface area contributed by atoms with Gasteiger partial charge in [-0.2, -0.15) is 0 Å². The molecule has 0 fully saturated rings. The van der Waals surface area contributed by atoms with Crippen LogP contribution < -0.4 is 5.11 Å². The lowest BCUT2D eigenvalue weighted by atomic mass is 10.2. The predicted octanol–water partition coefficient (Wildman–Crippen LogP) is 0.646. The lowest BCUT2D eigenvalue weighted by Crippen LogP contribution is -2.21. The molecule has 0 aliphatic rings. The van der Waals surface area contributed by atoms with E-state index in [1.807, 2.05) is 35.9 Å². The summed E-state index contributed by atoms with van der Waals surface area (Å²) in [5.74, 6) is -0.0822. The Hall–Kier alpha value is -1.84. The Morgan fingerprint density at radius 2 is 2.19 bits per heavy atom. The summed E-state index contributed by atoms with van der Waals surface area (Å²) in [6.45, 7) is 0. The van der Waals surface area contributed by atoms with Gasteiger partial charge in [0, 0.05) is 19.4 Å². The zero-order chi connectivity index (χ0) is 11.5. The fourth-order valence-corrected chi connectivity index (χ4v) is 1.81. The van der Waals surface area contributed by atoms with E-state index in [4.69, 9.17) is 0 Å². The number of hydrogen-bond donors (Lipinski definition) is 0. The lowest BCUT2D eigenvalue weighted by Gasteiger charge is -2.03. The molecule has 1 aromatic heterocycles. The summed E-state index contributed by atoms with van der Waals surface area (Å²) in [5.41, 5.74) is 2.03. The number of imidazole rings is 1. The van der Waals surface area contributed by atoms with E-state index in [-0.39, 0.29) is 6.42 Å². The second-order valence-corrected chi connectivity index (χ2v) is 3.80. The molecule has 2 aromatic rings. The van der Waals surface area contributed by atoms with Crippen molar-refractivity contribution < 1.29 is 9.90 Å². The van der Waals surface area contributed by atoms with Gasteiger partial charge < -0.3 is 14.5 Å². The minimum atomic E-state index is -1.00. The van der Waals surface area contributed by atoms with Crippen LogP contribution in [-0.4, -0.2) is 15.5 Å². The Balaban J connectivity index is 2.18. The smallest absolute Gasteiger partial charge is 0.109 e. The van der Waals surface area contributed by atoms with Crippen molar-refractivity contribution in [3.63, 3.8) is 0 Å². The fraction of sp³-hybridized carbons (Fsp3) is 0.333. The first-order chi connectivity index (χ1) is 7.68. The topological polar surface area (TPSA) is 58.0 Å². The number of para-hydroxylation sites is 2. The van der Waals surface area contributed by atoms with Gasteiger partial charge >= 0.3 is 0 Å². The Morgan fingerprint density at radius 3 is 2.88 bits per heavy atom. The molecule has 0 atom stereocenters. The van der Waals surface area contributed by atoms with Gasteiger partial charge in [-0.15, -0.1) is 0 Å². The summed E-state index contributed by atoms with van der Waals surface area (Å²) in [6, 6.07) is 7.87. The molecule has 0 amide bonds. The zero-order valence-electron chi connectivity index (χ0n) is 9.14. The highest BCUT2D eigenvalue weighted by Crippen LogP contribution is 2.15. The number of fused-ring (bicyclic) bond motifs is 1. The average molecular weight is 217 g/mol. The number of carbonyl (C=O) groups is 1. The number of rotatable bonds is 4. The maximum atomic E-state index is 10.3. The first kappa shape index (κ1) is 10.7. The molecule has 0 spiro atoms. The van der Waals surface area contributed by atoms with Crippen molar-refractivity contribution in [2.24, 2.45) is 7.05 Å². The monoisotopic (exact) mass is 217 g/mol. The minimum Gasteiger partial charge on any atom is -0.550 e. The van der Waals surface area contributed by atoms with Gasteiger partial charge in [-0.05, 0) is 25.0 Å². The molecule has 4 heteroatoms. The number of aliphatic carboxylic acids is 1. The average Bonchev–Trinajstić information content (AvgIpc) is 2.56. The van der Waals surface area contributed by atoms with E-state index in [1.54, 1.807) is 0 Å². The first-order valence-corrected chi connectivity index (χ1v) is 5.28. The van der Waals surface area contributed by atoms with Crippen molar-refractivity contribution in [3.8, 4) is 0 Å². The zero-order valence-corrected chi connectivity index (χ0v) is 9.14. The molecule has 0 saturated carbocycles. The third-order valence-corrected chi connectivity index (χ3v) is 2.66. The molecule has 0 saturated heterocycles. The van der Waals surface area contributed by atoms with Gasteiger partial charge in [-0.25, -0.2) is 4.98 Å². The summed E-state index contributed by atoms with van der Waals surface area (Å²) in [7, 11) is 1.95. The molecular formula is C12H13N2O2-. The Bertz CT molecular complexity index is 517. The van der Waals surface area contributed by atoms with Gasteiger partial charge in [0.05, 0.1) is 11.0 Å². The summed E-state index contributed by atoms with van der Waals surface area (Å²) >= 11 is 0. The van der Waals surface area contributed by atoms with Gasteiger partial charge in [0.1, 0.15) is 5.82 Å². The van der Waals surface area contributed by atoms with E-state index < -0.39 is 5.97 Å². The summed E-state index contributed by atoms with van der Waals surface area (Å²) in [5, 5.41) is 10.3. The lowest BCUT2D eigenvalue weighted by molar-refractivity contribution is -0.305. The number of aromatic nitrogens is 2. The van der Waals surface area contributed by atoms with Crippen LogP contribution in [-0.2, 0) is 18.3 Å². The minimum absolute atomic E-state index is 0.0865. The van der Waals surface area contributed by atoms with E-state index in [2.05, 4.69) is 4.98 Å². The summed E-state index contributed by atoms with van der Waals surface area (Å²) in [6.07, 6.45) is 1.32. The molecule has 1 heterocycles. The highest BCUT2D eigenvalue weighted by atomic mass is 16.4. The highest BCUT2D eigenvalue weighted by molar-refractivity contribution is 5.75. The summed E-state index contributed by atoms with van der Waals surface area (Å²) in [4.78, 5) is 14.8. The second kappa shape index (κ2) is 4.35. The SMILES string of the molecule is Cn1c(CCCC(=O)[O-])nc2ccccc21. The Kier molecular flexibility index (Phi) is 2.90. The van der Waals surface area contributed by atoms with Gasteiger partial charge in [0.25, 0.3) is 0 Å². The number of carboxylic acid groups (broad SMARTS) is 1. The third-order valence-electron chi connectivity index (χ3n) is 2.66. The maximum Gasteiger partial charge on any atom is 0.109 e. The van der Waals surface area contributed by atoms with Crippen LogP contribution in [0.15, 0.2) is 24.3 Å². The molecule has 0 bridgehead atoms. The first-order valence-electron chi connectivity index (χ1n) is 5.28. The van der Waals surface area contributed by atoms with Gasteiger partial charge in [0.2, 0.25) is 0 Å². The van der Waals surface area contributed by atoms with Crippen molar-refractivity contribution in [1.29, 1.82) is 0 Å². The molecule has 0 aliphatic carbocycles. The van der Waals surface area contributed by atoms with E-state index in [9.17, 15) is 9.90 Å². The van der Waals surface area contributed by atoms with Gasteiger partial charge in [-0.1, -0.05) is 12.1 Å². The van der Waals surface area contributed by atoms with Gasteiger partial charge in [0.15, 0.2) is 0 Å². The predicted molar refractivity (Wildman–Crippen MR) is 58.7 cm³/mol. The number of aryl methyl sites for hydroxylation is 2. The Labute approximate surface area is 93.5 Å². The molecule has 0 unspecified atom stereocenters. The van der Waals surface area contributed by atoms with E-state index >= 15 is 0 Å². The molecule has 1 aromatic carbocycles. The molecule has 4 nitrogen and oxygen atoms in total. The quantitative estimate of drug-likeness (QED) is 0.755. The molecule has 16 heavy (non-hydrogen) atoms. The maximum absolute atomic E-state index is 10.3. The summed E-state index contributed by atoms with van der Waals surface area (Å²) < 4.78 is 2.00. The van der Waals surface area contributed by atoms with E-state index in [1.165, 1.54) is 0 Å². The molecule has 2 rings (SSSR count). The van der Waals surface area contributed by atoms with Crippen molar-refractivity contribution in [1.82, 2.24) is 9.55 Å². The van der Waals surface area contributed by atoms with E-state index in [0.29, 0.717) is 12.8 Å². The van der Waals surface area contributed by atoms with Crippen LogP contribution in [0.5, 0.6) is 0 Å². The Morgan fingerprint density at radius 1 is 1.44 bits per heavy atom.